The Kier molecular flexibility index (Phi) is 6.65. The Morgan fingerprint density at radius 2 is 2.00 bits per heavy atom. The van der Waals surface area contributed by atoms with Crippen LogP contribution in [-0.2, 0) is 11.0 Å². The summed E-state index contributed by atoms with van der Waals surface area (Å²) in [4.78, 5) is 0. The minimum atomic E-state index is -1.14. The van der Waals surface area contributed by atoms with Crippen molar-refractivity contribution >= 4 is 11.0 Å². The molecule has 1 aromatic carbocycles. The van der Waals surface area contributed by atoms with Crippen LogP contribution in [0.1, 0.15) is 45.7 Å². The van der Waals surface area contributed by atoms with E-state index in [2.05, 4.69) is 4.72 Å². The van der Waals surface area contributed by atoms with Gasteiger partial charge in [-0.15, -0.1) is 0 Å². The van der Waals surface area contributed by atoms with E-state index in [-0.39, 0.29) is 24.0 Å². The molecule has 1 unspecified atom stereocenters. The molecule has 5 heteroatoms. The van der Waals surface area contributed by atoms with Crippen molar-refractivity contribution in [1.29, 1.82) is 0 Å². The largest absolute Gasteiger partial charge is 0.491 e. The third kappa shape index (κ3) is 4.89. The number of hydrogen-bond donors (Lipinski definition) is 2. The lowest BCUT2D eigenvalue weighted by molar-refractivity contribution is 0.199. The monoisotopic (exact) mass is 299 g/mol. The molecule has 0 aliphatic heterocycles. The van der Waals surface area contributed by atoms with E-state index in [1.807, 2.05) is 52.0 Å². The molecule has 2 atom stereocenters. The van der Waals surface area contributed by atoms with Crippen molar-refractivity contribution in [2.45, 2.75) is 44.9 Å². The molecule has 0 amide bonds. The van der Waals surface area contributed by atoms with Crippen molar-refractivity contribution in [2.24, 2.45) is 0 Å². The highest BCUT2D eigenvalue weighted by Gasteiger charge is 2.24. The summed E-state index contributed by atoms with van der Waals surface area (Å²) in [6.07, 6.45) is 0.807. The van der Waals surface area contributed by atoms with E-state index in [4.69, 9.17) is 9.84 Å². The summed E-state index contributed by atoms with van der Waals surface area (Å²) in [5.41, 5.74) is 0.973. The maximum Gasteiger partial charge on any atom is 0.124 e. The van der Waals surface area contributed by atoms with Crippen LogP contribution in [0.2, 0.25) is 0 Å². The van der Waals surface area contributed by atoms with Crippen LogP contribution in [0.5, 0.6) is 5.75 Å². The normalized spacial score (nSPS) is 14.8. The molecular formula is C15H25NO3S. The van der Waals surface area contributed by atoms with E-state index >= 15 is 0 Å². The number of benzene rings is 1. The number of aliphatic hydroxyl groups is 1. The molecule has 0 aliphatic rings. The molecular weight excluding hydrogens is 274 g/mol. The highest BCUT2D eigenvalue weighted by Crippen LogP contribution is 2.28. The van der Waals surface area contributed by atoms with Crippen molar-refractivity contribution in [3.63, 3.8) is 0 Å². The van der Waals surface area contributed by atoms with Gasteiger partial charge in [-0.1, -0.05) is 25.1 Å². The molecule has 0 spiro atoms. The van der Waals surface area contributed by atoms with Crippen molar-refractivity contribution in [1.82, 2.24) is 4.72 Å². The van der Waals surface area contributed by atoms with E-state index in [1.54, 1.807) is 0 Å². The van der Waals surface area contributed by atoms with Gasteiger partial charge in [0.2, 0.25) is 0 Å². The molecule has 4 nitrogen and oxygen atoms in total. The van der Waals surface area contributed by atoms with Crippen LogP contribution in [0, 0.1) is 0 Å². The number of hydrogen-bond acceptors (Lipinski definition) is 3. The molecule has 0 saturated heterocycles. The van der Waals surface area contributed by atoms with Gasteiger partial charge in [0.1, 0.15) is 12.4 Å². The first kappa shape index (κ1) is 17.1. The van der Waals surface area contributed by atoms with Gasteiger partial charge in [-0.25, -0.2) is 8.93 Å². The summed E-state index contributed by atoms with van der Waals surface area (Å²) < 4.78 is 20.7. The maximum absolute atomic E-state index is 12.3. The van der Waals surface area contributed by atoms with Gasteiger partial charge in [0.15, 0.2) is 0 Å². The first-order valence-corrected chi connectivity index (χ1v) is 8.05. The number of para-hydroxylation sites is 1. The van der Waals surface area contributed by atoms with E-state index in [0.29, 0.717) is 0 Å². The van der Waals surface area contributed by atoms with Crippen LogP contribution < -0.4 is 9.46 Å². The summed E-state index contributed by atoms with van der Waals surface area (Å²) in [6, 6.07) is 7.63. The van der Waals surface area contributed by atoms with Gasteiger partial charge >= 0.3 is 0 Å². The van der Waals surface area contributed by atoms with Gasteiger partial charge in [0, 0.05) is 11.6 Å². The molecule has 0 saturated carbocycles. The highest BCUT2D eigenvalue weighted by molar-refractivity contribution is 7.84. The predicted octanol–water partition coefficient (Wildman–Crippen LogP) is 2.56. The number of aliphatic hydroxyl groups excluding tert-OH is 1. The molecule has 0 bridgehead atoms. The minimum Gasteiger partial charge on any atom is -0.491 e. The molecule has 20 heavy (non-hydrogen) atoms. The lowest BCUT2D eigenvalue weighted by atomic mass is 10.0. The van der Waals surface area contributed by atoms with Gasteiger partial charge in [0.25, 0.3) is 0 Å². The first-order chi connectivity index (χ1) is 9.40. The molecule has 1 rings (SSSR count). The van der Waals surface area contributed by atoms with Gasteiger partial charge < -0.3 is 9.84 Å². The van der Waals surface area contributed by atoms with Gasteiger partial charge in [-0.05, 0) is 33.3 Å². The Balaban J connectivity index is 2.92. The first-order valence-electron chi connectivity index (χ1n) is 6.90. The fourth-order valence-corrected chi connectivity index (χ4v) is 2.63. The summed E-state index contributed by atoms with van der Waals surface area (Å²) in [5, 5.41) is 8.88. The number of nitrogens with one attached hydrogen (secondary N) is 1. The zero-order valence-corrected chi connectivity index (χ0v) is 13.5. The summed E-state index contributed by atoms with van der Waals surface area (Å²) >= 11 is 0. The van der Waals surface area contributed by atoms with Crippen molar-refractivity contribution < 1.29 is 14.1 Å². The van der Waals surface area contributed by atoms with E-state index in [1.165, 1.54) is 0 Å². The van der Waals surface area contributed by atoms with Crippen molar-refractivity contribution in [2.75, 3.05) is 13.2 Å². The van der Waals surface area contributed by atoms with Crippen LogP contribution in [-0.4, -0.2) is 27.3 Å². The second-order valence-electron chi connectivity index (χ2n) is 5.57. The van der Waals surface area contributed by atoms with E-state index in [9.17, 15) is 4.21 Å². The van der Waals surface area contributed by atoms with Gasteiger partial charge in [0.05, 0.1) is 22.3 Å². The van der Waals surface area contributed by atoms with Crippen LogP contribution in [0.15, 0.2) is 24.3 Å². The molecule has 0 fully saturated rings. The quantitative estimate of drug-likeness (QED) is 0.813. The summed E-state index contributed by atoms with van der Waals surface area (Å²) in [5.74, 6) is 0.729. The van der Waals surface area contributed by atoms with E-state index < -0.39 is 11.0 Å². The lowest BCUT2D eigenvalue weighted by Gasteiger charge is -2.25. The third-order valence-corrected chi connectivity index (χ3v) is 4.47. The number of ether oxygens (including phenoxy) is 1. The molecule has 0 aliphatic carbocycles. The van der Waals surface area contributed by atoms with Crippen LogP contribution in [0.25, 0.3) is 0 Å². The summed E-state index contributed by atoms with van der Waals surface area (Å²) in [7, 11) is -1.14. The SMILES string of the molecule is CC[C@@H](NS(=O)C(C)(C)C)c1ccccc1OCCO. The Bertz CT molecular complexity index is 443. The maximum atomic E-state index is 12.3. The van der Waals surface area contributed by atoms with Crippen LogP contribution >= 0.6 is 0 Å². The topological polar surface area (TPSA) is 58.6 Å². The Morgan fingerprint density at radius 3 is 2.55 bits per heavy atom. The zero-order valence-electron chi connectivity index (χ0n) is 12.7. The highest BCUT2D eigenvalue weighted by atomic mass is 32.2. The third-order valence-electron chi connectivity index (χ3n) is 2.86. The lowest BCUT2D eigenvalue weighted by Crippen LogP contribution is -2.35. The van der Waals surface area contributed by atoms with Crippen LogP contribution in [0.3, 0.4) is 0 Å². The average Bonchev–Trinajstić information content (AvgIpc) is 2.41. The standard InChI is InChI=1S/C15H25NO3S/c1-5-13(16-20(18)15(2,3)4)12-8-6-7-9-14(12)19-11-10-17/h6-9,13,16-17H,5,10-11H2,1-4H3/t13-,20?/m1/s1. The number of rotatable bonds is 7. The zero-order chi connectivity index (χ0) is 15.2. The summed E-state index contributed by atoms with van der Waals surface area (Å²) in [6.45, 7) is 8.10. The predicted molar refractivity (Wildman–Crippen MR) is 83.1 cm³/mol. The molecule has 114 valence electrons. The average molecular weight is 299 g/mol. The Hall–Kier alpha value is -0.910. The molecule has 2 N–H and O–H groups in total. The molecule has 0 radical (unpaired) electrons. The second-order valence-corrected chi connectivity index (χ2v) is 7.57. The molecule has 0 heterocycles. The Morgan fingerprint density at radius 1 is 1.35 bits per heavy atom. The smallest absolute Gasteiger partial charge is 0.124 e. The van der Waals surface area contributed by atoms with Gasteiger partial charge in [-0.3, -0.25) is 0 Å². The van der Waals surface area contributed by atoms with Gasteiger partial charge in [-0.2, -0.15) is 0 Å². The van der Waals surface area contributed by atoms with Crippen molar-refractivity contribution in [3.05, 3.63) is 29.8 Å². The molecule has 1 aromatic rings. The minimum absolute atomic E-state index is 0.0214. The fourth-order valence-electron chi connectivity index (χ4n) is 1.73. The van der Waals surface area contributed by atoms with E-state index in [0.717, 1.165) is 17.7 Å². The second kappa shape index (κ2) is 7.76. The fraction of sp³-hybridized carbons (Fsp3) is 0.600. The molecule has 0 aromatic heterocycles. The van der Waals surface area contributed by atoms with Crippen LogP contribution in [0.4, 0.5) is 0 Å². The Labute approximate surface area is 124 Å². The van der Waals surface area contributed by atoms with Crippen molar-refractivity contribution in [3.8, 4) is 5.75 Å².